The van der Waals surface area contributed by atoms with Crippen LogP contribution in [0.5, 0.6) is 0 Å². The van der Waals surface area contributed by atoms with E-state index in [9.17, 15) is 24.4 Å². The Balaban J connectivity index is 0.000000192. The van der Waals surface area contributed by atoms with Gasteiger partial charge in [-0.05, 0) is 30.3 Å². The summed E-state index contributed by atoms with van der Waals surface area (Å²) in [6.45, 7) is 0.167. The fourth-order valence-corrected chi connectivity index (χ4v) is 6.66. The van der Waals surface area contributed by atoms with Gasteiger partial charge in [0.25, 0.3) is 0 Å². The van der Waals surface area contributed by atoms with Gasteiger partial charge in [-0.1, -0.05) is 53.8 Å². The van der Waals surface area contributed by atoms with Crippen LogP contribution in [-0.4, -0.2) is 68.7 Å². The van der Waals surface area contributed by atoms with Gasteiger partial charge in [-0.3, -0.25) is 33.3 Å². The number of nitrogens with zero attached hydrogens (tertiary/aromatic N) is 8. The van der Waals surface area contributed by atoms with E-state index in [1.165, 1.54) is 43.3 Å². The molecule has 2 aromatic carbocycles. The molecule has 0 saturated heterocycles. The first-order valence-electron chi connectivity index (χ1n) is 16.2. The molecule has 6 heterocycles. The van der Waals surface area contributed by atoms with E-state index in [1.807, 2.05) is 0 Å². The number of hydrogen-bond acceptors (Lipinski definition) is 12. The van der Waals surface area contributed by atoms with Crippen LogP contribution in [-0.2, 0) is 22.7 Å². The number of hydrogen-bond donors (Lipinski definition) is 4. The third-order valence-electron chi connectivity index (χ3n) is 8.18. The zero-order valence-electron chi connectivity index (χ0n) is 29.1. The third-order valence-corrected chi connectivity index (χ3v) is 9.74. The molecule has 8 aromatic rings. The zero-order valence-corrected chi connectivity index (χ0v) is 32.2. The summed E-state index contributed by atoms with van der Waals surface area (Å²) >= 11 is 25.6. The SMILES string of the molecule is C.COCc1nnc(-c2ccc[n+]([O-])c2)n1-c1c(Cl)c(Cl)cc2[nH]c(=O)c(=O)[nH]c12.COCc1nnc(-c2cccnc2)n1-c1c(Cl)c(Cl)cc2[nH]c(=O)c(=O)[nH]c12. The van der Waals surface area contributed by atoms with Crippen molar-refractivity contribution in [1.82, 2.24) is 54.4 Å². The maximum Gasteiger partial charge on any atom is 0.314 e. The highest BCUT2D eigenvalue weighted by Crippen LogP contribution is 2.38. The number of ether oxygens (including phenoxy) is 2. The van der Waals surface area contributed by atoms with Gasteiger partial charge in [0.15, 0.2) is 35.7 Å². The first-order chi connectivity index (χ1) is 27.4. The fraction of sp³-hybridized carbons (Fsp3) is 0.143. The summed E-state index contributed by atoms with van der Waals surface area (Å²) < 4.78 is 14.2. The number of H-pyrrole nitrogens is 4. The predicted molar refractivity (Wildman–Crippen MR) is 216 cm³/mol. The van der Waals surface area contributed by atoms with E-state index in [2.05, 4.69) is 45.3 Å². The van der Waals surface area contributed by atoms with Crippen molar-refractivity contribution >= 4 is 68.5 Å². The highest BCUT2D eigenvalue weighted by atomic mass is 35.5. The lowest BCUT2D eigenvalue weighted by atomic mass is 10.2. The number of nitrogens with one attached hydrogen (secondary N) is 4. The lowest BCUT2D eigenvalue weighted by molar-refractivity contribution is -0.604. The summed E-state index contributed by atoms with van der Waals surface area (Å²) in [7, 11) is 2.99. The summed E-state index contributed by atoms with van der Waals surface area (Å²) in [5, 5.41) is 29.0. The van der Waals surface area contributed by atoms with Crippen LogP contribution in [0, 0.1) is 5.21 Å². The van der Waals surface area contributed by atoms with Crippen molar-refractivity contribution < 1.29 is 14.2 Å². The molecule has 0 aliphatic carbocycles. The normalized spacial score (nSPS) is 11.1. The van der Waals surface area contributed by atoms with Gasteiger partial charge >= 0.3 is 22.2 Å². The molecule has 0 saturated carbocycles. The van der Waals surface area contributed by atoms with E-state index in [4.69, 9.17) is 55.9 Å². The van der Waals surface area contributed by atoms with Crippen molar-refractivity contribution in [2.24, 2.45) is 0 Å². The molecule has 58 heavy (non-hydrogen) atoms. The molecule has 0 radical (unpaired) electrons. The van der Waals surface area contributed by atoms with Crippen LogP contribution in [0.2, 0.25) is 20.1 Å². The van der Waals surface area contributed by atoms with Crippen LogP contribution in [0.15, 0.2) is 80.4 Å². The lowest BCUT2D eigenvalue weighted by Gasteiger charge is -2.15. The fourth-order valence-electron chi connectivity index (χ4n) is 5.80. The molecule has 0 spiro atoms. The molecule has 8 rings (SSSR count). The van der Waals surface area contributed by atoms with Crippen LogP contribution in [0.3, 0.4) is 0 Å². The van der Waals surface area contributed by atoms with Gasteiger partial charge < -0.3 is 34.6 Å². The Morgan fingerprint density at radius 3 is 1.60 bits per heavy atom. The van der Waals surface area contributed by atoms with Crippen molar-refractivity contribution in [3.63, 3.8) is 0 Å². The number of pyridine rings is 2. The molecule has 0 fully saturated rings. The van der Waals surface area contributed by atoms with Gasteiger partial charge in [0.2, 0.25) is 0 Å². The van der Waals surface area contributed by atoms with Crippen molar-refractivity contribution in [3.05, 3.63) is 140 Å². The molecule has 0 aliphatic heterocycles. The van der Waals surface area contributed by atoms with Gasteiger partial charge in [0.05, 0.1) is 59.1 Å². The first-order valence-corrected chi connectivity index (χ1v) is 17.7. The number of aromatic nitrogens is 12. The largest absolute Gasteiger partial charge is 0.619 e. The van der Waals surface area contributed by atoms with Crippen LogP contribution in [0.25, 0.3) is 56.2 Å². The van der Waals surface area contributed by atoms with E-state index < -0.39 is 22.2 Å². The van der Waals surface area contributed by atoms with E-state index in [-0.39, 0.29) is 68.8 Å². The van der Waals surface area contributed by atoms with Crippen LogP contribution < -0.4 is 27.0 Å². The lowest BCUT2D eigenvalue weighted by Crippen LogP contribution is -2.29. The molecule has 0 amide bonds. The Bertz CT molecular complexity index is 3070. The standard InChI is InChI=1S/C17H12Cl2N6O4.C17H12Cl2N6O3.CH4/c1-29-7-11-22-23-15(8-3-2-4-24(28)6-8)25(11)14-12(19)9(18)5-10-13(14)21-17(27)16(26)20-10;1-28-7-11-23-24-15(8-3-2-4-20-6-8)25(11)14-12(19)9(18)5-10-13(14)22-17(27)16(26)21-10;/h2-6H,7H2,1H3,(H,20,26)(H,21,27);2-6H,7H2,1H3,(H,21,26)(H,22,27);1H4. The topological polar surface area (TPSA) is 251 Å². The molecule has 0 bridgehead atoms. The Morgan fingerprint density at radius 2 is 1.16 bits per heavy atom. The first kappa shape index (κ1) is 41.4. The van der Waals surface area contributed by atoms with Gasteiger partial charge in [0.1, 0.15) is 13.2 Å². The second-order valence-electron chi connectivity index (χ2n) is 11.8. The third kappa shape index (κ3) is 7.73. The van der Waals surface area contributed by atoms with Gasteiger partial charge in [-0.2, -0.15) is 4.73 Å². The minimum absolute atomic E-state index is 0. The molecule has 23 heteroatoms. The molecule has 0 aliphatic rings. The minimum Gasteiger partial charge on any atom is -0.619 e. The predicted octanol–water partition coefficient (Wildman–Crippen LogP) is 4.50. The van der Waals surface area contributed by atoms with E-state index >= 15 is 0 Å². The van der Waals surface area contributed by atoms with Crippen molar-refractivity contribution in [3.8, 4) is 34.2 Å². The minimum atomic E-state index is -0.864. The molecular weight excluding hydrogens is 842 g/mol. The number of fused-ring (bicyclic) bond motifs is 2. The monoisotopic (exact) mass is 868 g/mol. The Labute approximate surface area is 344 Å². The van der Waals surface area contributed by atoms with Gasteiger partial charge in [-0.25, -0.2) is 0 Å². The molecule has 298 valence electrons. The second-order valence-corrected chi connectivity index (χ2v) is 13.4. The highest BCUT2D eigenvalue weighted by molar-refractivity contribution is 6.45. The zero-order chi connectivity index (χ0) is 40.5. The Hall–Kier alpha value is -6.22. The van der Waals surface area contributed by atoms with Gasteiger partial charge in [0, 0.05) is 38.2 Å². The molecule has 0 atom stereocenters. The van der Waals surface area contributed by atoms with Crippen LogP contribution in [0.4, 0.5) is 0 Å². The summed E-state index contributed by atoms with van der Waals surface area (Å²) in [4.78, 5) is 61.6. The number of benzene rings is 2. The van der Waals surface area contributed by atoms with Crippen molar-refractivity contribution in [2.45, 2.75) is 20.6 Å². The summed E-state index contributed by atoms with van der Waals surface area (Å²) in [5.74, 6) is 1.43. The Morgan fingerprint density at radius 1 is 0.690 bits per heavy atom. The average molecular weight is 870 g/mol. The number of halogens is 4. The maximum absolute atomic E-state index is 12.0. The Kier molecular flexibility index (Phi) is 12.2. The smallest absolute Gasteiger partial charge is 0.314 e. The quantitative estimate of drug-likeness (QED) is 0.0936. The van der Waals surface area contributed by atoms with Crippen molar-refractivity contribution in [1.29, 1.82) is 0 Å². The number of rotatable bonds is 8. The molecule has 6 aromatic heterocycles. The van der Waals surface area contributed by atoms with E-state index in [0.29, 0.717) is 44.5 Å². The second kappa shape index (κ2) is 17.1. The number of methoxy groups -OCH3 is 2. The molecular formula is C35H28Cl4N12O7. The molecule has 4 N–H and O–H groups in total. The van der Waals surface area contributed by atoms with E-state index in [1.54, 1.807) is 41.2 Å². The van der Waals surface area contributed by atoms with E-state index in [0.717, 1.165) is 0 Å². The average Bonchev–Trinajstić information content (AvgIpc) is 3.80. The highest BCUT2D eigenvalue weighted by Gasteiger charge is 2.25. The number of aromatic amines is 4. The summed E-state index contributed by atoms with van der Waals surface area (Å²) in [6.07, 6.45) is 5.87. The maximum atomic E-state index is 12.0. The van der Waals surface area contributed by atoms with Crippen LogP contribution >= 0.6 is 46.4 Å². The molecule has 0 unspecified atom stereocenters. The van der Waals surface area contributed by atoms with Crippen LogP contribution in [0.1, 0.15) is 19.1 Å². The summed E-state index contributed by atoms with van der Waals surface area (Å²) in [5.41, 5.74) is -0.616. The van der Waals surface area contributed by atoms with Crippen molar-refractivity contribution in [2.75, 3.05) is 14.2 Å². The summed E-state index contributed by atoms with van der Waals surface area (Å²) in [6, 6.07) is 9.65. The van der Waals surface area contributed by atoms with Gasteiger partial charge in [-0.15, -0.1) is 20.4 Å². The molecule has 19 nitrogen and oxygen atoms in total.